The lowest BCUT2D eigenvalue weighted by molar-refractivity contribution is -0.909. The van der Waals surface area contributed by atoms with Crippen LogP contribution < -0.4 is 18.9 Å². The third-order valence-corrected chi connectivity index (χ3v) is 11.4. The Hall–Kier alpha value is -2.92. The highest BCUT2D eigenvalue weighted by atomic mass is 127. The molecule has 0 N–H and O–H groups in total. The third kappa shape index (κ3) is 12.2. The number of allylic oxidation sites excluding steroid dienone is 4. The van der Waals surface area contributed by atoms with Gasteiger partial charge in [0.05, 0.1) is 80.9 Å². The van der Waals surface area contributed by atoms with Crippen LogP contribution in [0.5, 0.6) is 0 Å². The van der Waals surface area contributed by atoms with E-state index in [-0.39, 0.29) is 95.9 Å². The number of aromatic nitrogens is 4. The fourth-order valence-electron chi connectivity index (χ4n) is 8.20. The summed E-state index contributed by atoms with van der Waals surface area (Å²) in [4.78, 5) is 14.3. The summed E-state index contributed by atoms with van der Waals surface area (Å²) in [5, 5.41) is 0. The summed E-state index contributed by atoms with van der Waals surface area (Å²) in [7, 11) is 13.5. The van der Waals surface area contributed by atoms with Crippen LogP contribution in [0.2, 0.25) is 0 Å². The van der Waals surface area contributed by atoms with Gasteiger partial charge in [-0.2, -0.15) is 0 Å². The molecule has 324 valence electrons. The SMILES string of the molecule is C[n+]1cccc2oc(/C=C3\C=CN(CCC[N+](C)(C)CCC[N+](C)(C)CCCN4C=C/C(=C\c5nc6c(ccc[n+]6C)o5)c5ccccc54)c4ccccc43)nc21.I.I.I.I. The van der Waals surface area contributed by atoms with Crippen molar-refractivity contribution in [2.75, 3.05) is 77.3 Å². The van der Waals surface area contributed by atoms with Gasteiger partial charge in [-0.3, -0.25) is 0 Å². The molecule has 8 rings (SSSR count). The monoisotopic (exact) mass is 1280 g/mol. The number of hydrogen-bond acceptors (Lipinski definition) is 6. The zero-order valence-electron chi connectivity index (χ0n) is 35.9. The van der Waals surface area contributed by atoms with Crippen LogP contribution in [0.15, 0.2) is 119 Å². The smallest absolute Gasteiger partial charge is 0.370 e. The van der Waals surface area contributed by atoms with Gasteiger partial charge >= 0.3 is 23.1 Å². The molecule has 6 heterocycles. The topological polar surface area (TPSA) is 66.3 Å². The molecular weight excluding hydrogens is 1220 g/mol. The molecule has 0 amide bonds. The minimum atomic E-state index is 0. The highest BCUT2D eigenvalue weighted by Crippen LogP contribution is 2.35. The molecule has 61 heavy (non-hydrogen) atoms. The van der Waals surface area contributed by atoms with Crippen LogP contribution in [0.1, 0.15) is 42.2 Å². The molecule has 6 aromatic rings. The predicted molar refractivity (Wildman–Crippen MR) is 291 cm³/mol. The summed E-state index contributed by atoms with van der Waals surface area (Å²) in [5.41, 5.74) is 10.3. The third-order valence-electron chi connectivity index (χ3n) is 11.4. The first-order valence-corrected chi connectivity index (χ1v) is 20.2. The second-order valence-corrected chi connectivity index (χ2v) is 16.8. The summed E-state index contributed by atoms with van der Waals surface area (Å²) >= 11 is 0. The Morgan fingerprint density at radius 1 is 0.541 bits per heavy atom. The number of aryl methyl sites for hydroxylation is 2. The normalized spacial score (nSPS) is 14.7. The van der Waals surface area contributed by atoms with Gasteiger partial charge in [0.1, 0.15) is 0 Å². The molecule has 0 unspecified atom stereocenters. The van der Waals surface area contributed by atoms with Gasteiger partial charge in [0.2, 0.25) is 11.2 Å². The van der Waals surface area contributed by atoms with Gasteiger partial charge in [-0.1, -0.05) is 36.4 Å². The summed E-state index contributed by atoms with van der Waals surface area (Å²) in [6.07, 6.45) is 20.3. The lowest BCUT2D eigenvalue weighted by atomic mass is 9.99. The largest absolute Gasteiger partial charge is 0.411 e. The molecule has 2 aliphatic rings. The van der Waals surface area contributed by atoms with Crippen molar-refractivity contribution in [3.63, 3.8) is 0 Å². The Labute approximate surface area is 429 Å². The first-order valence-electron chi connectivity index (χ1n) is 20.2. The van der Waals surface area contributed by atoms with Crippen LogP contribution in [-0.2, 0) is 14.1 Å². The molecule has 0 atom stereocenters. The minimum absolute atomic E-state index is 0. The Morgan fingerprint density at radius 2 is 0.934 bits per heavy atom. The quantitative estimate of drug-likeness (QED) is 0.0616. The number of oxazole rings is 2. The zero-order valence-corrected chi connectivity index (χ0v) is 45.3. The number of anilines is 2. The van der Waals surface area contributed by atoms with Crippen molar-refractivity contribution in [3.05, 3.63) is 133 Å². The number of fused-ring (bicyclic) bond motifs is 4. The molecule has 2 aliphatic heterocycles. The Morgan fingerprint density at radius 3 is 1.34 bits per heavy atom. The fraction of sp³-hybridized carbons (Fsp3) is 0.319. The van der Waals surface area contributed by atoms with E-state index in [4.69, 9.17) is 18.8 Å². The maximum absolute atomic E-state index is 6.06. The van der Waals surface area contributed by atoms with E-state index >= 15 is 0 Å². The Balaban J connectivity index is 0.00000205. The van der Waals surface area contributed by atoms with Crippen LogP contribution in [0.3, 0.4) is 0 Å². The van der Waals surface area contributed by atoms with Crippen molar-refractivity contribution in [3.8, 4) is 0 Å². The Kier molecular flexibility index (Phi) is 18.4. The maximum atomic E-state index is 6.06. The van der Waals surface area contributed by atoms with E-state index in [1.165, 1.54) is 42.0 Å². The first-order chi connectivity index (χ1) is 27.5. The van der Waals surface area contributed by atoms with Crippen molar-refractivity contribution in [2.45, 2.75) is 19.3 Å². The van der Waals surface area contributed by atoms with E-state index in [1.54, 1.807) is 0 Å². The van der Waals surface area contributed by atoms with Crippen LogP contribution >= 0.6 is 95.9 Å². The van der Waals surface area contributed by atoms with E-state index in [1.807, 2.05) is 72.0 Å². The lowest BCUT2D eigenvalue weighted by Gasteiger charge is -2.35. The molecule has 0 radical (unpaired) electrons. The fourth-order valence-corrected chi connectivity index (χ4v) is 8.20. The second kappa shape index (κ2) is 22.1. The molecule has 0 aliphatic carbocycles. The summed E-state index contributed by atoms with van der Waals surface area (Å²) < 4.78 is 18.1. The van der Waals surface area contributed by atoms with Gasteiger partial charge < -0.3 is 27.6 Å². The highest BCUT2D eigenvalue weighted by Gasteiger charge is 2.24. The van der Waals surface area contributed by atoms with Crippen molar-refractivity contribution in [1.82, 2.24) is 9.97 Å². The number of quaternary nitrogens is 2. The average molecular weight is 1280 g/mol. The molecule has 0 saturated heterocycles. The minimum Gasteiger partial charge on any atom is -0.411 e. The molecule has 0 saturated carbocycles. The maximum Gasteiger partial charge on any atom is 0.370 e. The van der Waals surface area contributed by atoms with Gasteiger partial charge in [-0.25, -0.2) is 9.13 Å². The predicted octanol–water partition coefficient (Wildman–Crippen LogP) is 9.86. The zero-order chi connectivity index (χ0) is 39.6. The average Bonchev–Trinajstić information content (AvgIpc) is 3.81. The number of pyridine rings is 2. The molecule has 2 aromatic carbocycles. The summed E-state index contributed by atoms with van der Waals surface area (Å²) in [6.45, 7) is 6.54. The van der Waals surface area contributed by atoms with Crippen LogP contribution in [0, 0.1) is 0 Å². The van der Waals surface area contributed by atoms with Crippen molar-refractivity contribution in [2.24, 2.45) is 14.1 Å². The summed E-state index contributed by atoms with van der Waals surface area (Å²) in [5.74, 6) is 1.24. The van der Waals surface area contributed by atoms with Crippen LogP contribution in [0.4, 0.5) is 11.4 Å². The lowest BCUT2D eigenvalue weighted by Crippen LogP contribution is -2.47. The van der Waals surface area contributed by atoms with Crippen molar-refractivity contribution >= 4 is 153 Å². The number of halogens is 4. The first kappa shape index (κ1) is 50.7. The van der Waals surface area contributed by atoms with E-state index in [0.717, 1.165) is 81.6 Å². The van der Waals surface area contributed by atoms with E-state index in [2.05, 4.69) is 111 Å². The molecular formula is C47H60I4N8O2+4. The second-order valence-electron chi connectivity index (χ2n) is 16.8. The van der Waals surface area contributed by atoms with E-state index < -0.39 is 0 Å². The van der Waals surface area contributed by atoms with Gasteiger partial charge in [0, 0.05) is 89.4 Å². The number of benzene rings is 2. The van der Waals surface area contributed by atoms with Gasteiger partial charge in [-0.15, -0.1) is 95.9 Å². The molecule has 0 spiro atoms. The number of hydrogen-bond donors (Lipinski definition) is 0. The van der Waals surface area contributed by atoms with Gasteiger partial charge in [0.15, 0.2) is 0 Å². The van der Waals surface area contributed by atoms with Crippen LogP contribution in [-0.4, -0.2) is 86.4 Å². The number of rotatable bonds is 14. The molecule has 0 bridgehead atoms. The van der Waals surface area contributed by atoms with E-state index in [0.29, 0.717) is 11.8 Å². The van der Waals surface area contributed by atoms with Crippen LogP contribution in [0.25, 0.3) is 45.8 Å². The molecule has 0 fully saturated rings. The number of nitrogens with zero attached hydrogens (tertiary/aromatic N) is 8. The van der Waals surface area contributed by atoms with E-state index in [9.17, 15) is 0 Å². The molecule has 10 nitrogen and oxygen atoms in total. The number of para-hydroxylation sites is 2. The van der Waals surface area contributed by atoms with Crippen molar-refractivity contribution in [1.29, 1.82) is 0 Å². The van der Waals surface area contributed by atoms with Gasteiger partial charge in [-0.05, 0) is 59.7 Å². The highest BCUT2D eigenvalue weighted by molar-refractivity contribution is 14.0. The molecule has 4 aromatic heterocycles. The summed E-state index contributed by atoms with van der Waals surface area (Å²) in [6, 6.07) is 25.2. The Bertz CT molecular complexity index is 2370. The standard InChI is InChI=1S/C47H56N8O2.4HI/c1-50-24-11-20-42-46(50)48-44(56-42)34-36-22-28-52(40-18-9-7-16-38(36)40)26-13-30-54(3,4)32-15-33-55(5,6)31-14-27-53-29-23-37(39-17-8-10-19-41(39)53)35-45-49-47-43(57-45)21-12-25-51(47)2;;;;/h7-12,16-25,28-29,34-35H,13-15,26-27,30-33H2,1-6H3;4*1H/q+4;;;;. The van der Waals surface area contributed by atoms with Crippen molar-refractivity contribution < 1.29 is 26.9 Å². The molecule has 14 heteroatoms. The van der Waals surface area contributed by atoms with Gasteiger partial charge in [0.25, 0.3) is 0 Å².